The third-order valence-corrected chi connectivity index (χ3v) is 4.54. The molecule has 0 spiro atoms. The summed E-state index contributed by atoms with van der Waals surface area (Å²) >= 11 is 3.48. The van der Waals surface area contributed by atoms with Crippen molar-refractivity contribution in [3.63, 3.8) is 0 Å². The molecule has 2 rings (SSSR count). The van der Waals surface area contributed by atoms with Crippen LogP contribution >= 0.6 is 15.9 Å². The number of hydrogen-bond acceptors (Lipinski definition) is 2. The molecule has 1 heterocycles. The second-order valence-electron chi connectivity index (χ2n) is 4.88. The molecule has 1 aromatic rings. The molecule has 1 saturated heterocycles. The lowest BCUT2D eigenvalue weighted by atomic mass is 9.98. The smallest absolute Gasteiger partial charge is 0.255 e. The van der Waals surface area contributed by atoms with Crippen molar-refractivity contribution in [2.75, 3.05) is 19.7 Å². The molecule has 0 aliphatic carbocycles. The van der Waals surface area contributed by atoms with Gasteiger partial charge in [-0.3, -0.25) is 4.79 Å². The van der Waals surface area contributed by atoms with Crippen LogP contribution in [0.5, 0.6) is 0 Å². The Labute approximate surface area is 116 Å². The van der Waals surface area contributed by atoms with E-state index in [0.29, 0.717) is 12.1 Å². The first-order valence-corrected chi connectivity index (χ1v) is 7.08. The lowest BCUT2D eigenvalue weighted by Gasteiger charge is -2.32. The van der Waals surface area contributed by atoms with Gasteiger partial charge in [-0.2, -0.15) is 0 Å². The van der Waals surface area contributed by atoms with Crippen molar-refractivity contribution in [1.29, 1.82) is 0 Å². The molecule has 0 bridgehead atoms. The molecule has 1 aromatic carbocycles. The van der Waals surface area contributed by atoms with Gasteiger partial charge in [0.2, 0.25) is 0 Å². The predicted octanol–water partition coefficient (Wildman–Crippen LogP) is 2.60. The van der Waals surface area contributed by atoms with E-state index in [1.54, 1.807) is 0 Å². The van der Waals surface area contributed by atoms with E-state index in [0.717, 1.165) is 29.4 Å². The number of carbonyl (C=O) groups excluding carboxylic acids is 1. The molecule has 1 unspecified atom stereocenters. The average molecular weight is 312 g/mol. The minimum Gasteiger partial charge on any atom is -0.396 e. The maximum Gasteiger partial charge on any atom is 0.255 e. The number of benzene rings is 1. The zero-order chi connectivity index (χ0) is 13.1. The normalized spacial score (nSPS) is 19.9. The number of nitrogens with zero attached hydrogens (tertiary/aromatic N) is 1. The van der Waals surface area contributed by atoms with E-state index in [1.807, 2.05) is 30.0 Å². The van der Waals surface area contributed by atoms with Gasteiger partial charge in [-0.25, -0.2) is 0 Å². The van der Waals surface area contributed by atoms with Crippen molar-refractivity contribution in [2.45, 2.75) is 19.8 Å². The fourth-order valence-corrected chi connectivity index (χ4v) is 2.82. The highest BCUT2D eigenvalue weighted by Crippen LogP contribution is 2.24. The monoisotopic (exact) mass is 311 g/mol. The standard InChI is InChI=1S/C14H18BrNO2/c1-10-4-2-6-12(13(10)15)14(18)16-7-3-5-11(8-16)9-17/h2,4,6,11,17H,3,5,7-9H2,1H3. The van der Waals surface area contributed by atoms with Crippen LogP contribution in [-0.2, 0) is 0 Å². The summed E-state index contributed by atoms with van der Waals surface area (Å²) in [4.78, 5) is 14.3. The Hall–Kier alpha value is -0.870. The van der Waals surface area contributed by atoms with Crippen LogP contribution in [0.4, 0.5) is 0 Å². The molecule has 1 aliphatic rings. The Bertz CT molecular complexity index is 447. The number of hydrogen-bond donors (Lipinski definition) is 1. The summed E-state index contributed by atoms with van der Waals surface area (Å²) in [5.41, 5.74) is 1.78. The second-order valence-corrected chi connectivity index (χ2v) is 5.67. The van der Waals surface area contributed by atoms with Crippen LogP contribution in [0.15, 0.2) is 22.7 Å². The van der Waals surface area contributed by atoms with Crippen LogP contribution in [0.2, 0.25) is 0 Å². The maximum absolute atomic E-state index is 12.4. The first kappa shape index (κ1) is 13.6. The minimum atomic E-state index is 0.0590. The fraction of sp³-hybridized carbons (Fsp3) is 0.500. The van der Waals surface area contributed by atoms with E-state index in [9.17, 15) is 9.90 Å². The quantitative estimate of drug-likeness (QED) is 0.912. The first-order chi connectivity index (χ1) is 8.63. The van der Waals surface area contributed by atoms with Gasteiger partial charge in [-0.05, 0) is 53.2 Å². The van der Waals surface area contributed by atoms with Gasteiger partial charge in [0.1, 0.15) is 0 Å². The number of carbonyl (C=O) groups is 1. The highest BCUT2D eigenvalue weighted by molar-refractivity contribution is 9.10. The third-order valence-electron chi connectivity index (χ3n) is 3.49. The summed E-state index contributed by atoms with van der Waals surface area (Å²) in [5.74, 6) is 0.287. The SMILES string of the molecule is Cc1cccc(C(=O)N2CCCC(CO)C2)c1Br. The number of aliphatic hydroxyl groups excluding tert-OH is 1. The molecule has 0 radical (unpaired) electrons. The second kappa shape index (κ2) is 5.85. The van der Waals surface area contributed by atoms with Crippen molar-refractivity contribution >= 4 is 21.8 Å². The topological polar surface area (TPSA) is 40.5 Å². The van der Waals surface area contributed by atoms with Crippen LogP contribution in [0, 0.1) is 12.8 Å². The molecular weight excluding hydrogens is 294 g/mol. The van der Waals surface area contributed by atoms with Gasteiger partial charge >= 0.3 is 0 Å². The summed E-state index contributed by atoms with van der Waals surface area (Å²) < 4.78 is 0.876. The third kappa shape index (κ3) is 2.75. The Morgan fingerprint density at radius 2 is 2.33 bits per heavy atom. The zero-order valence-corrected chi connectivity index (χ0v) is 12.1. The minimum absolute atomic E-state index is 0.0590. The molecule has 1 atom stereocenters. The van der Waals surface area contributed by atoms with Crippen molar-refractivity contribution in [3.8, 4) is 0 Å². The Balaban J connectivity index is 2.18. The Morgan fingerprint density at radius 1 is 1.56 bits per heavy atom. The van der Waals surface area contributed by atoms with E-state index in [4.69, 9.17) is 0 Å². The zero-order valence-electron chi connectivity index (χ0n) is 10.5. The van der Waals surface area contributed by atoms with Crippen molar-refractivity contribution in [1.82, 2.24) is 4.90 Å². The Morgan fingerprint density at radius 3 is 3.06 bits per heavy atom. The Kier molecular flexibility index (Phi) is 4.40. The highest BCUT2D eigenvalue weighted by Gasteiger charge is 2.25. The van der Waals surface area contributed by atoms with E-state index in [1.165, 1.54) is 0 Å². The maximum atomic E-state index is 12.4. The molecular formula is C14H18BrNO2. The number of piperidine rings is 1. The van der Waals surface area contributed by atoms with Crippen molar-refractivity contribution < 1.29 is 9.90 Å². The first-order valence-electron chi connectivity index (χ1n) is 6.28. The highest BCUT2D eigenvalue weighted by atomic mass is 79.9. The van der Waals surface area contributed by atoms with Gasteiger partial charge in [0, 0.05) is 24.2 Å². The number of rotatable bonds is 2. The van der Waals surface area contributed by atoms with Gasteiger partial charge in [-0.1, -0.05) is 12.1 Å². The molecule has 4 heteroatoms. The number of halogens is 1. The summed E-state index contributed by atoms with van der Waals surface area (Å²) in [6.07, 6.45) is 1.98. The number of amides is 1. The molecule has 0 saturated carbocycles. The molecule has 1 aliphatic heterocycles. The fourth-order valence-electron chi connectivity index (χ4n) is 2.38. The van der Waals surface area contributed by atoms with Crippen molar-refractivity contribution in [2.24, 2.45) is 5.92 Å². The van der Waals surface area contributed by atoms with Crippen LogP contribution < -0.4 is 0 Å². The largest absolute Gasteiger partial charge is 0.396 e. The summed E-state index contributed by atoms with van der Waals surface area (Å²) in [6.45, 7) is 3.60. The van der Waals surface area contributed by atoms with Gasteiger partial charge in [0.25, 0.3) is 5.91 Å². The number of aliphatic hydroxyl groups is 1. The van der Waals surface area contributed by atoms with Crippen LogP contribution in [-0.4, -0.2) is 35.6 Å². The van der Waals surface area contributed by atoms with E-state index in [-0.39, 0.29) is 18.4 Å². The van der Waals surface area contributed by atoms with Crippen molar-refractivity contribution in [3.05, 3.63) is 33.8 Å². The van der Waals surface area contributed by atoms with E-state index >= 15 is 0 Å². The van der Waals surface area contributed by atoms with Crippen LogP contribution in [0.25, 0.3) is 0 Å². The van der Waals surface area contributed by atoms with Gasteiger partial charge in [0.15, 0.2) is 0 Å². The van der Waals surface area contributed by atoms with Gasteiger partial charge in [0.05, 0.1) is 5.56 Å². The molecule has 0 aromatic heterocycles. The lowest BCUT2D eigenvalue weighted by Crippen LogP contribution is -2.41. The molecule has 18 heavy (non-hydrogen) atoms. The van der Waals surface area contributed by atoms with Crippen LogP contribution in [0.3, 0.4) is 0 Å². The lowest BCUT2D eigenvalue weighted by molar-refractivity contribution is 0.0619. The molecule has 98 valence electrons. The molecule has 1 amide bonds. The van der Waals surface area contributed by atoms with Gasteiger partial charge in [-0.15, -0.1) is 0 Å². The summed E-state index contributed by atoms with van der Waals surface area (Å²) in [6, 6.07) is 5.73. The summed E-state index contributed by atoms with van der Waals surface area (Å²) in [7, 11) is 0. The predicted molar refractivity (Wildman–Crippen MR) is 74.6 cm³/mol. The van der Waals surface area contributed by atoms with Gasteiger partial charge < -0.3 is 10.0 Å². The van der Waals surface area contributed by atoms with E-state index < -0.39 is 0 Å². The number of aryl methyl sites for hydroxylation is 1. The van der Waals surface area contributed by atoms with E-state index in [2.05, 4.69) is 15.9 Å². The molecule has 1 fully saturated rings. The molecule has 1 N–H and O–H groups in total. The average Bonchev–Trinajstić information content (AvgIpc) is 2.41. The van der Waals surface area contributed by atoms with Crippen LogP contribution in [0.1, 0.15) is 28.8 Å². The molecule has 3 nitrogen and oxygen atoms in total. The number of likely N-dealkylation sites (tertiary alicyclic amines) is 1. The summed E-state index contributed by atoms with van der Waals surface area (Å²) in [5, 5.41) is 9.21.